The number of benzene rings is 4. The Morgan fingerprint density at radius 2 is 1.48 bits per heavy atom. The van der Waals surface area contributed by atoms with Crippen LogP contribution in [-0.4, -0.2) is 25.0 Å². The number of aromatic amines is 1. The van der Waals surface area contributed by atoms with Gasteiger partial charge in [-0.25, -0.2) is 15.0 Å². The lowest BCUT2D eigenvalue weighted by atomic mass is 10.0. The maximum absolute atomic E-state index is 11.2. The Kier molecular flexibility index (Phi) is 3.18. The van der Waals surface area contributed by atoms with E-state index >= 15 is 0 Å². The van der Waals surface area contributed by atoms with Gasteiger partial charge in [0.15, 0.2) is 0 Å². The van der Waals surface area contributed by atoms with E-state index < -0.39 is 0 Å². The van der Waals surface area contributed by atoms with E-state index in [0.717, 1.165) is 43.9 Å². The molecule has 2 N–H and O–H groups in total. The molecule has 0 saturated carbocycles. The summed E-state index contributed by atoms with van der Waals surface area (Å²) in [5.41, 5.74) is 6.47. The highest BCUT2D eigenvalue weighted by molar-refractivity contribution is 6.15. The Morgan fingerprint density at radius 3 is 2.34 bits per heavy atom. The predicted octanol–water partition coefficient (Wildman–Crippen LogP) is 5.49. The van der Waals surface area contributed by atoms with E-state index in [1.54, 1.807) is 0 Å². The highest BCUT2D eigenvalue weighted by Crippen LogP contribution is 2.41. The zero-order chi connectivity index (χ0) is 19.5. The standard InChI is InChI=1S/C24H16N4O/c1-13-10-11-18-19(12-13)26-21-14-6-2-3-7-15(14)23(29)20(22(21)25-18)24-27-16-8-4-5-9-17(16)28-24/h2-12,29H,1H3,(H,27,28). The lowest BCUT2D eigenvalue weighted by Crippen LogP contribution is -1.94. The molecule has 0 fully saturated rings. The maximum atomic E-state index is 11.2. The molecule has 2 aromatic heterocycles. The van der Waals surface area contributed by atoms with Crippen LogP contribution in [0.1, 0.15) is 5.56 Å². The summed E-state index contributed by atoms with van der Waals surface area (Å²) >= 11 is 0. The Bertz CT molecular complexity index is 1550. The molecule has 0 bridgehead atoms. The SMILES string of the molecule is Cc1ccc2nc3c(-c4nc5ccccc5[nH]4)c(O)c4ccccc4c3nc2c1. The van der Waals surface area contributed by atoms with Crippen LogP contribution in [0.2, 0.25) is 0 Å². The second kappa shape index (κ2) is 5.75. The molecule has 0 spiro atoms. The van der Waals surface area contributed by atoms with Crippen molar-refractivity contribution in [2.45, 2.75) is 6.92 Å². The fraction of sp³-hybridized carbons (Fsp3) is 0.0417. The van der Waals surface area contributed by atoms with Crippen LogP contribution in [-0.2, 0) is 0 Å². The molecule has 5 nitrogen and oxygen atoms in total. The molecule has 138 valence electrons. The molecule has 0 aliphatic carbocycles. The summed E-state index contributed by atoms with van der Waals surface area (Å²) in [6.07, 6.45) is 0. The van der Waals surface area contributed by atoms with E-state index in [4.69, 9.17) is 15.0 Å². The van der Waals surface area contributed by atoms with Gasteiger partial charge in [0.1, 0.15) is 17.1 Å². The second-order valence-electron chi connectivity index (χ2n) is 7.28. The minimum atomic E-state index is 0.160. The van der Waals surface area contributed by atoms with E-state index in [-0.39, 0.29) is 5.75 Å². The Labute approximate surface area is 165 Å². The molecule has 0 aliphatic rings. The predicted molar refractivity (Wildman–Crippen MR) is 116 cm³/mol. The van der Waals surface area contributed by atoms with Gasteiger partial charge in [-0.3, -0.25) is 0 Å². The second-order valence-corrected chi connectivity index (χ2v) is 7.28. The van der Waals surface area contributed by atoms with Gasteiger partial charge in [-0.05, 0) is 36.8 Å². The van der Waals surface area contributed by atoms with Crippen molar-refractivity contribution >= 4 is 43.9 Å². The molecule has 6 aromatic rings. The van der Waals surface area contributed by atoms with Gasteiger partial charge in [0.2, 0.25) is 0 Å². The summed E-state index contributed by atoms with van der Waals surface area (Å²) in [6, 6.07) is 21.6. The molecule has 0 atom stereocenters. The van der Waals surface area contributed by atoms with Crippen molar-refractivity contribution in [3.63, 3.8) is 0 Å². The third kappa shape index (κ3) is 2.31. The Morgan fingerprint density at radius 1 is 0.724 bits per heavy atom. The quantitative estimate of drug-likeness (QED) is 0.294. The summed E-state index contributed by atoms with van der Waals surface area (Å²) in [6.45, 7) is 2.04. The lowest BCUT2D eigenvalue weighted by molar-refractivity contribution is 0.484. The fourth-order valence-corrected chi connectivity index (χ4v) is 3.96. The molecule has 0 saturated heterocycles. The van der Waals surface area contributed by atoms with Gasteiger partial charge in [-0.2, -0.15) is 0 Å². The number of imidazole rings is 1. The van der Waals surface area contributed by atoms with Gasteiger partial charge in [0, 0.05) is 10.8 Å². The van der Waals surface area contributed by atoms with Crippen molar-refractivity contribution in [1.82, 2.24) is 19.9 Å². The van der Waals surface area contributed by atoms with Crippen LogP contribution in [0.4, 0.5) is 0 Å². The van der Waals surface area contributed by atoms with E-state index in [1.165, 1.54) is 0 Å². The van der Waals surface area contributed by atoms with Crippen LogP contribution in [0.15, 0.2) is 66.7 Å². The molecule has 0 unspecified atom stereocenters. The van der Waals surface area contributed by atoms with Gasteiger partial charge >= 0.3 is 0 Å². The third-order valence-corrected chi connectivity index (χ3v) is 5.36. The summed E-state index contributed by atoms with van der Waals surface area (Å²) in [7, 11) is 0. The van der Waals surface area contributed by atoms with Crippen LogP contribution in [0.5, 0.6) is 5.75 Å². The number of phenolic OH excluding ortho intramolecular Hbond substituents is 1. The molecule has 5 heteroatoms. The molecule has 0 amide bonds. The first-order valence-electron chi connectivity index (χ1n) is 9.46. The van der Waals surface area contributed by atoms with Crippen molar-refractivity contribution in [3.05, 3.63) is 72.3 Å². The van der Waals surface area contributed by atoms with Crippen LogP contribution in [0, 0.1) is 6.92 Å². The highest BCUT2D eigenvalue weighted by Gasteiger charge is 2.20. The van der Waals surface area contributed by atoms with E-state index in [1.807, 2.05) is 73.7 Å². The minimum absolute atomic E-state index is 0.160. The molecule has 2 heterocycles. The number of hydrogen-bond donors (Lipinski definition) is 2. The highest BCUT2D eigenvalue weighted by atomic mass is 16.3. The number of aromatic nitrogens is 4. The number of aryl methyl sites for hydroxylation is 1. The summed E-state index contributed by atoms with van der Waals surface area (Å²) < 4.78 is 0. The zero-order valence-corrected chi connectivity index (χ0v) is 15.6. The van der Waals surface area contributed by atoms with Gasteiger partial charge in [0.05, 0.1) is 33.1 Å². The summed E-state index contributed by atoms with van der Waals surface area (Å²) in [4.78, 5) is 17.9. The Hall–Kier alpha value is -3.99. The van der Waals surface area contributed by atoms with Gasteiger partial charge < -0.3 is 10.1 Å². The van der Waals surface area contributed by atoms with Crippen LogP contribution >= 0.6 is 0 Å². The molecule has 0 radical (unpaired) electrons. The van der Waals surface area contributed by atoms with E-state index in [9.17, 15) is 5.11 Å². The first-order valence-corrected chi connectivity index (χ1v) is 9.46. The summed E-state index contributed by atoms with van der Waals surface area (Å²) in [5.74, 6) is 0.744. The van der Waals surface area contributed by atoms with E-state index in [0.29, 0.717) is 16.9 Å². The first kappa shape index (κ1) is 16.0. The lowest BCUT2D eigenvalue weighted by Gasteiger charge is -2.12. The number of rotatable bonds is 1. The molecular weight excluding hydrogens is 360 g/mol. The monoisotopic (exact) mass is 376 g/mol. The number of H-pyrrole nitrogens is 1. The van der Waals surface area contributed by atoms with Crippen LogP contribution in [0.25, 0.3) is 55.3 Å². The average Bonchev–Trinajstić information content (AvgIpc) is 3.17. The molecule has 0 aliphatic heterocycles. The third-order valence-electron chi connectivity index (χ3n) is 5.36. The zero-order valence-electron chi connectivity index (χ0n) is 15.6. The van der Waals surface area contributed by atoms with Crippen molar-refractivity contribution in [3.8, 4) is 17.1 Å². The Balaban J connectivity index is 1.83. The molecule has 6 rings (SSSR count). The summed E-state index contributed by atoms with van der Waals surface area (Å²) in [5, 5.41) is 12.8. The molecule has 4 aromatic carbocycles. The molecule has 29 heavy (non-hydrogen) atoms. The van der Waals surface area contributed by atoms with Gasteiger partial charge in [-0.15, -0.1) is 0 Å². The topological polar surface area (TPSA) is 74.7 Å². The average molecular weight is 376 g/mol. The number of para-hydroxylation sites is 2. The van der Waals surface area contributed by atoms with Crippen molar-refractivity contribution in [2.75, 3.05) is 0 Å². The number of phenols is 1. The fourth-order valence-electron chi connectivity index (χ4n) is 3.96. The van der Waals surface area contributed by atoms with Gasteiger partial charge in [-0.1, -0.05) is 42.5 Å². The maximum Gasteiger partial charge on any atom is 0.144 e. The first-order chi connectivity index (χ1) is 14.2. The minimum Gasteiger partial charge on any atom is -0.506 e. The smallest absolute Gasteiger partial charge is 0.144 e. The van der Waals surface area contributed by atoms with Crippen molar-refractivity contribution in [2.24, 2.45) is 0 Å². The van der Waals surface area contributed by atoms with E-state index in [2.05, 4.69) is 4.98 Å². The number of fused-ring (bicyclic) bond motifs is 5. The van der Waals surface area contributed by atoms with Crippen LogP contribution in [0.3, 0.4) is 0 Å². The number of nitrogens with zero attached hydrogens (tertiary/aromatic N) is 3. The normalized spacial score (nSPS) is 11.8. The van der Waals surface area contributed by atoms with Crippen molar-refractivity contribution in [1.29, 1.82) is 0 Å². The van der Waals surface area contributed by atoms with Crippen LogP contribution < -0.4 is 0 Å². The number of hydrogen-bond acceptors (Lipinski definition) is 4. The van der Waals surface area contributed by atoms with Crippen molar-refractivity contribution < 1.29 is 5.11 Å². The van der Waals surface area contributed by atoms with Gasteiger partial charge in [0.25, 0.3) is 0 Å². The number of nitrogens with one attached hydrogen (secondary N) is 1. The molecular formula is C24H16N4O. The number of aromatic hydroxyl groups is 1. The largest absolute Gasteiger partial charge is 0.506 e.